The van der Waals surface area contributed by atoms with Crippen LogP contribution < -0.4 is 16.2 Å². The van der Waals surface area contributed by atoms with Crippen LogP contribution in [0.1, 0.15) is 88.5 Å². The number of nitrogens with one attached hydrogen (secondary N) is 1. The van der Waals surface area contributed by atoms with Gasteiger partial charge < -0.3 is 9.88 Å². The fourth-order valence-corrected chi connectivity index (χ4v) is 10.8. The fraction of sp³-hybridized carbons (Fsp3) is 0.228. The van der Waals surface area contributed by atoms with Gasteiger partial charge in [-0.2, -0.15) is 0 Å². The molecule has 1 aliphatic heterocycles. The number of aromatic nitrogens is 1. The van der Waals surface area contributed by atoms with E-state index in [-0.39, 0.29) is 5.41 Å². The third kappa shape index (κ3) is 5.76. The first-order valence-electron chi connectivity index (χ1n) is 22.5. The van der Waals surface area contributed by atoms with Crippen LogP contribution in [0.2, 0.25) is 0 Å². The van der Waals surface area contributed by atoms with Crippen LogP contribution in [-0.2, 0) is 18.3 Å². The summed E-state index contributed by atoms with van der Waals surface area (Å²) in [6, 6.07) is 53.4. The van der Waals surface area contributed by atoms with Crippen molar-refractivity contribution in [3.05, 3.63) is 162 Å². The lowest BCUT2D eigenvalue weighted by atomic mass is 9.58. The van der Waals surface area contributed by atoms with Crippen molar-refractivity contribution in [3.63, 3.8) is 0 Å². The van der Waals surface area contributed by atoms with Crippen molar-refractivity contribution >= 4 is 72.9 Å². The Morgan fingerprint density at radius 1 is 0.550 bits per heavy atom. The SMILES string of the molecule is CCCCCc1ccc(Nc2cc3c(cc2-c2c4c5c(c6ccccc26)c2ccc6ccccc6c2n5-c2ccc(CCCCC)cc2[B]4)-c2ccccc2C3(C)C)cc1. The summed E-state index contributed by atoms with van der Waals surface area (Å²) in [6.45, 7) is 9.35. The number of benzene rings is 8. The third-order valence-electron chi connectivity index (χ3n) is 13.8. The minimum absolute atomic E-state index is 0.128. The van der Waals surface area contributed by atoms with Gasteiger partial charge in [-0.3, -0.25) is 0 Å². The van der Waals surface area contributed by atoms with Gasteiger partial charge in [0.1, 0.15) is 0 Å². The van der Waals surface area contributed by atoms with Crippen molar-refractivity contribution < 1.29 is 0 Å². The molecule has 2 nitrogen and oxygen atoms in total. The molecular weight excluding hydrogens is 723 g/mol. The van der Waals surface area contributed by atoms with Gasteiger partial charge in [0.15, 0.2) is 7.28 Å². The van der Waals surface area contributed by atoms with E-state index in [0.29, 0.717) is 0 Å². The number of anilines is 2. The summed E-state index contributed by atoms with van der Waals surface area (Å²) in [5.74, 6) is 0. The highest BCUT2D eigenvalue weighted by molar-refractivity contribution is 6.74. The van der Waals surface area contributed by atoms with Crippen molar-refractivity contribution in [1.82, 2.24) is 4.57 Å². The molecular formula is C57H52BN2. The second-order valence-corrected chi connectivity index (χ2v) is 18.0. The summed E-state index contributed by atoms with van der Waals surface area (Å²) >= 11 is 0. The van der Waals surface area contributed by atoms with Crippen LogP contribution >= 0.6 is 0 Å². The number of aryl methyl sites for hydroxylation is 2. The monoisotopic (exact) mass is 775 g/mol. The first-order valence-corrected chi connectivity index (χ1v) is 22.5. The van der Waals surface area contributed by atoms with Crippen LogP contribution in [0.25, 0.3) is 71.3 Å². The van der Waals surface area contributed by atoms with Gasteiger partial charge in [-0.1, -0.05) is 168 Å². The van der Waals surface area contributed by atoms with Crippen LogP contribution in [0.15, 0.2) is 140 Å². The Morgan fingerprint density at radius 2 is 1.25 bits per heavy atom. The Morgan fingerprint density at radius 3 is 2.05 bits per heavy atom. The van der Waals surface area contributed by atoms with Gasteiger partial charge in [0.2, 0.25) is 0 Å². The van der Waals surface area contributed by atoms with E-state index < -0.39 is 0 Å². The first-order chi connectivity index (χ1) is 29.4. The molecule has 293 valence electrons. The predicted molar refractivity (Wildman–Crippen MR) is 260 cm³/mol. The molecule has 1 aliphatic carbocycles. The van der Waals surface area contributed by atoms with E-state index in [0.717, 1.165) is 24.2 Å². The molecule has 2 heterocycles. The van der Waals surface area contributed by atoms with Crippen LogP contribution in [-0.4, -0.2) is 11.8 Å². The van der Waals surface area contributed by atoms with Crippen molar-refractivity contribution in [3.8, 4) is 27.9 Å². The summed E-state index contributed by atoms with van der Waals surface area (Å²) in [7, 11) is 2.53. The lowest BCUT2D eigenvalue weighted by Crippen LogP contribution is -2.37. The molecule has 0 fully saturated rings. The maximum absolute atomic E-state index is 4.04. The molecule has 0 saturated heterocycles. The topological polar surface area (TPSA) is 17.0 Å². The van der Waals surface area contributed by atoms with Crippen molar-refractivity contribution in [2.24, 2.45) is 0 Å². The molecule has 1 N–H and O–H groups in total. The number of hydrogen-bond acceptors (Lipinski definition) is 1. The molecule has 0 spiro atoms. The minimum Gasteiger partial charge on any atom is -0.355 e. The van der Waals surface area contributed by atoms with E-state index in [1.807, 2.05) is 0 Å². The van der Waals surface area contributed by atoms with Crippen LogP contribution in [0.5, 0.6) is 0 Å². The van der Waals surface area contributed by atoms with Crippen LogP contribution in [0.4, 0.5) is 11.4 Å². The normalized spacial score (nSPS) is 13.5. The van der Waals surface area contributed by atoms with Crippen LogP contribution in [0.3, 0.4) is 0 Å². The standard InChI is InChI=1S/C57H52BN2/c1-5-7-9-17-36-25-29-39(30-26-36)59-50-35-48-45(41-21-15-16-24-47(41)57(48,3)4)34-46(50)52-42-22-13-14-23-43(42)53-44-31-28-38-19-11-12-20-40(38)55(44)60-51-32-27-37(18-10-8-6-2)33-49(51)58-54(52)56(53)60/h11-16,19-35,59H,5-10,17-18H2,1-4H3. The quantitative estimate of drug-likeness (QED) is 0.102. The molecule has 0 atom stereocenters. The van der Waals surface area contributed by atoms with E-state index in [1.165, 1.54) is 143 Å². The smallest absolute Gasteiger partial charge is 0.197 e. The molecule has 8 aromatic carbocycles. The summed E-state index contributed by atoms with van der Waals surface area (Å²) < 4.78 is 2.62. The number of unbranched alkanes of at least 4 members (excludes halogenated alkanes) is 4. The zero-order valence-corrected chi connectivity index (χ0v) is 35.5. The molecule has 1 aromatic heterocycles. The average molecular weight is 776 g/mol. The van der Waals surface area contributed by atoms with E-state index in [2.05, 4.69) is 184 Å². The average Bonchev–Trinajstić information content (AvgIpc) is 3.74. The van der Waals surface area contributed by atoms with Gasteiger partial charge in [-0.25, -0.2) is 0 Å². The summed E-state index contributed by atoms with van der Waals surface area (Å²) in [5.41, 5.74) is 19.4. The van der Waals surface area contributed by atoms with Crippen molar-refractivity contribution in [2.75, 3.05) is 5.32 Å². The Kier molecular flexibility index (Phi) is 8.99. The third-order valence-corrected chi connectivity index (χ3v) is 13.8. The maximum atomic E-state index is 4.04. The van der Waals surface area contributed by atoms with E-state index in [9.17, 15) is 0 Å². The van der Waals surface area contributed by atoms with Gasteiger partial charge in [0.25, 0.3) is 0 Å². The highest BCUT2D eigenvalue weighted by atomic mass is 15.0. The second kappa shape index (κ2) is 14.6. The van der Waals surface area contributed by atoms with E-state index >= 15 is 0 Å². The highest BCUT2D eigenvalue weighted by Gasteiger charge is 2.37. The Balaban J connectivity index is 1.22. The number of hydrogen-bond donors (Lipinski definition) is 1. The molecule has 11 rings (SSSR count). The van der Waals surface area contributed by atoms with Gasteiger partial charge in [-0.15, -0.1) is 0 Å². The molecule has 3 heteroatoms. The predicted octanol–water partition coefficient (Wildman–Crippen LogP) is 14.2. The summed E-state index contributed by atoms with van der Waals surface area (Å²) in [4.78, 5) is 0. The molecule has 0 amide bonds. The molecule has 0 bridgehead atoms. The van der Waals surface area contributed by atoms with Crippen molar-refractivity contribution in [1.29, 1.82) is 0 Å². The molecule has 60 heavy (non-hydrogen) atoms. The lowest BCUT2D eigenvalue weighted by molar-refractivity contribution is 0.660. The Bertz CT molecular complexity index is 3150. The zero-order chi connectivity index (χ0) is 40.5. The molecule has 1 radical (unpaired) electrons. The first kappa shape index (κ1) is 37.0. The fourth-order valence-electron chi connectivity index (χ4n) is 10.8. The van der Waals surface area contributed by atoms with Gasteiger partial charge in [0, 0.05) is 49.7 Å². The maximum Gasteiger partial charge on any atom is 0.197 e. The van der Waals surface area contributed by atoms with Crippen LogP contribution in [0, 0.1) is 0 Å². The van der Waals surface area contributed by atoms with E-state index in [4.69, 9.17) is 0 Å². The zero-order valence-electron chi connectivity index (χ0n) is 35.5. The van der Waals surface area contributed by atoms with Gasteiger partial charge in [0.05, 0.1) is 5.52 Å². The molecule has 2 aliphatic rings. The molecule has 9 aromatic rings. The van der Waals surface area contributed by atoms with Gasteiger partial charge in [-0.05, 0) is 117 Å². The summed E-state index contributed by atoms with van der Waals surface area (Å²) in [6.07, 6.45) is 9.67. The highest BCUT2D eigenvalue weighted by Crippen LogP contribution is 2.53. The largest absolute Gasteiger partial charge is 0.355 e. The number of rotatable bonds is 11. The molecule has 0 saturated carbocycles. The van der Waals surface area contributed by atoms with E-state index in [1.54, 1.807) is 0 Å². The Labute approximate surface area is 355 Å². The Hall–Kier alpha value is -6.06. The second-order valence-electron chi connectivity index (χ2n) is 18.0. The molecule has 0 unspecified atom stereocenters. The van der Waals surface area contributed by atoms with Gasteiger partial charge >= 0.3 is 0 Å². The summed E-state index contributed by atoms with van der Waals surface area (Å²) in [5, 5.41) is 11.8. The van der Waals surface area contributed by atoms with Crippen molar-refractivity contribution in [2.45, 2.75) is 84.5 Å². The number of fused-ring (bicyclic) bond motifs is 12. The minimum atomic E-state index is -0.128. The number of nitrogens with zero attached hydrogens (tertiary/aromatic N) is 1. The lowest BCUT2D eigenvalue weighted by Gasteiger charge is -2.27.